The molecule has 2 aromatic rings. The van der Waals surface area contributed by atoms with Crippen molar-refractivity contribution in [3.8, 4) is 0 Å². The van der Waals surface area contributed by atoms with E-state index in [9.17, 15) is 9.90 Å². The Kier molecular flexibility index (Phi) is 4.12. The molecule has 122 valence electrons. The largest absolute Gasteiger partial charge is 0.386 e. The predicted molar refractivity (Wildman–Crippen MR) is 86.4 cm³/mol. The zero-order chi connectivity index (χ0) is 16.6. The molecule has 1 aliphatic rings. The summed E-state index contributed by atoms with van der Waals surface area (Å²) in [7, 11) is 0. The fourth-order valence-electron chi connectivity index (χ4n) is 2.96. The third-order valence-corrected chi connectivity index (χ3v) is 4.69. The summed E-state index contributed by atoms with van der Waals surface area (Å²) in [6.07, 6.45) is 3.79. The minimum Gasteiger partial charge on any atom is -0.386 e. The number of carbonyl (C=O) groups is 1. The van der Waals surface area contributed by atoms with Gasteiger partial charge in [-0.1, -0.05) is 16.8 Å². The van der Waals surface area contributed by atoms with E-state index in [1.54, 1.807) is 22.0 Å². The molecule has 0 bridgehead atoms. The van der Waals surface area contributed by atoms with Crippen molar-refractivity contribution in [3.05, 3.63) is 46.2 Å². The van der Waals surface area contributed by atoms with Crippen LogP contribution in [0, 0.1) is 13.8 Å². The molecule has 6 nitrogen and oxygen atoms in total. The Bertz CT molecular complexity index is 732. The monoisotopic (exact) mass is 334 g/mol. The Morgan fingerprint density at radius 3 is 2.87 bits per heavy atom. The van der Waals surface area contributed by atoms with Crippen LogP contribution in [0.5, 0.6) is 0 Å². The number of likely N-dealkylation sites (tertiary alicyclic amines) is 1. The summed E-state index contributed by atoms with van der Waals surface area (Å²) < 4.78 is 1.59. The highest BCUT2D eigenvalue weighted by Crippen LogP contribution is 2.27. The fourth-order valence-corrected chi connectivity index (χ4v) is 3.18. The molecule has 1 aromatic carbocycles. The number of hydrogen-bond acceptors (Lipinski definition) is 4. The standard InChI is InChI=1S/C16H19ClN4O2/c1-11-8-14(17)12(2)7-13(11)15(22)20-5-3-16(23,9-20)10-21-6-4-18-19-21/h4,6-8,23H,3,5,9-10H2,1-2H3. The molecule has 1 N–H and O–H groups in total. The van der Waals surface area contributed by atoms with Crippen LogP contribution in [0.4, 0.5) is 0 Å². The number of rotatable bonds is 3. The van der Waals surface area contributed by atoms with Crippen molar-refractivity contribution in [1.29, 1.82) is 0 Å². The summed E-state index contributed by atoms with van der Waals surface area (Å²) >= 11 is 6.09. The second kappa shape index (κ2) is 5.94. The van der Waals surface area contributed by atoms with Crippen LogP contribution in [0.15, 0.2) is 24.5 Å². The van der Waals surface area contributed by atoms with Crippen LogP contribution in [-0.2, 0) is 6.54 Å². The highest BCUT2D eigenvalue weighted by Gasteiger charge is 2.39. The first-order valence-electron chi connectivity index (χ1n) is 7.50. The number of aryl methyl sites for hydroxylation is 2. The fraction of sp³-hybridized carbons (Fsp3) is 0.438. The van der Waals surface area contributed by atoms with Gasteiger partial charge in [0.15, 0.2) is 0 Å². The molecule has 7 heteroatoms. The third-order valence-electron chi connectivity index (χ3n) is 4.28. The average Bonchev–Trinajstić information content (AvgIpc) is 3.12. The molecule has 1 aromatic heterocycles. The van der Waals surface area contributed by atoms with Crippen LogP contribution in [0.3, 0.4) is 0 Å². The number of amides is 1. The number of hydrogen-bond donors (Lipinski definition) is 1. The first-order valence-corrected chi connectivity index (χ1v) is 7.88. The first-order chi connectivity index (χ1) is 10.9. The van der Waals surface area contributed by atoms with E-state index in [4.69, 9.17) is 11.6 Å². The van der Waals surface area contributed by atoms with Gasteiger partial charge in [-0.05, 0) is 43.5 Å². The average molecular weight is 335 g/mol. The van der Waals surface area contributed by atoms with E-state index < -0.39 is 5.60 Å². The molecular formula is C16H19ClN4O2. The molecule has 1 aliphatic heterocycles. The molecule has 0 saturated carbocycles. The molecule has 23 heavy (non-hydrogen) atoms. The number of carbonyl (C=O) groups excluding carboxylic acids is 1. The van der Waals surface area contributed by atoms with Crippen molar-refractivity contribution in [2.24, 2.45) is 0 Å². The van der Waals surface area contributed by atoms with Gasteiger partial charge in [-0.2, -0.15) is 0 Å². The lowest BCUT2D eigenvalue weighted by Crippen LogP contribution is -2.39. The highest BCUT2D eigenvalue weighted by atomic mass is 35.5. The van der Waals surface area contributed by atoms with E-state index >= 15 is 0 Å². The SMILES string of the molecule is Cc1cc(C(=O)N2CCC(O)(Cn3ccnn3)C2)c(C)cc1Cl. The lowest BCUT2D eigenvalue weighted by Gasteiger charge is -2.23. The molecule has 0 aliphatic carbocycles. The summed E-state index contributed by atoms with van der Waals surface area (Å²) in [5.41, 5.74) is 1.38. The van der Waals surface area contributed by atoms with Crippen LogP contribution < -0.4 is 0 Å². The van der Waals surface area contributed by atoms with Crippen LogP contribution >= 0.6 is 11.6 Å². The normalized spacial score (nSPS) is 21.0. The van der Waals surface area contributed by atoms with Gasteiger partial charge >= 0.3 is 0 Å². The molecule has 0 spiro atoms. The molecule has 0 radical (unpaired) electrons. The van der Waals surface area contributed by atoms with Gasteiger partial charge in [0.2, 0.25) is 0 Å². The molecular weight excluding hydrogens is 316 g/mol. The van der Waals surface area contributed by atoms with Gasteiger partial charge in [0, 0.05) is 23.3 Å². The van der Waals surface area contributed by atoms with Crippen molar-refractivity contribution in [1.82, 2.24) is 19.9 Å². The molecule has 1 atom stereocenters. The Hall–Kier alpha value is -1.92. The topological polar surface area (TPSA) is 71.2 Å². The number of nitrogens with zero attached hydrogens (tertiary/aromatic N) is 4. The first kappa shape index (κ1) is 16.0. The Morgan fingerprint density at radius 2 is 2.17 bits per heavy atom. The minimum atomic E-state index is -0.973. The highest BCUT2D eigenvalue weighted by molar-refractivity contribution is 6.31. The van der Waals surface area contributed by atoms with E-state index in [-0.39, 0.29) is 12.5 Å². The molecule has 3 rings (SSSR count). The lowest BCUT2D eigenvalue weighted by molar-refractivity contribution is 0.0266. The van der Waals surface area contributed by atoms with Gasteiger partial charge in [0.25, 0.3) is 5.91 Å². The Labute approximate surface area is 139 Å². The van der Waals surface area contributed by atoms with Gasteiger partial charge in [-0.15, -0.1) is 5.10 Å². The molecule has 1 unspecified atom stereocenters. The molecule has 1 fully saturated rings. The predicted octanol–water partition coefficient (Wildman–Crippen LogP) is 1.83. The summed E-state index contributed by atoms with van der Waals surface area (Å²) in [6.45, 7) is 4.88. The van der Waals surface area contributed by atoms with Gasteiger partial charge < -0.3 is 10.0 Å². The maximum atomic E-state index is 12.8. The van der Waals surface area contributed by atoms with E-state index in [0.717, 1.165) is 11.1 Å². The number of benzene rings is 1. The summed E-state index contributed by atoms with van der Waals surface area (Å²) in [4.78, 5) is 14.4. The van der Waals surface area contributed by atoms with Crippen molar-refractivity contribution in [2.45, 2.75) is 32.4 Å². The number of β-amino-alcohol motifs (C(OH)–C–C–N with tert-alkyl or cyclic N) is 1. The van der Waals surface area contributed by atoms with Crippen LogP contribution in [0.1, 0.15) is 27.9 Å². The maximum absolute atomic E-state index is 12.8. The molecule has 1 saturated heterocycles. The van der Waals surface area contributed by atoms with Gasteiger partial charge in [-0.25, -0.2) is 4.68 Å². The smallest absolute Gasteiger partial charge is 0.254 e. The zero-order valence-electron chi connectivity index (χ0n) is 13.2. The van der Waals surface area contributed by atoms with Crippen molar-refractivity contribution >= 4 is 17.5 Å². The maximum Gasteiger partial charge on any atom is 0.254 e. The second-order valence-corrected chi connectivity index (χ2v) is 6.63. The quantitative estimate of drug-likeness (QED) is 0.929. The van der Waals surface area contributed by atoms with Crippen molar-refractivity contribution in [3.63, 3.8) is 0 Å². The summed E-state index contributed by atoms with van der Waals surface area (Å²) in [5, 5.41) is 19.0. The van der Waals surface area contributed by atoms with Crippen LogP contribution in [0.2, 0.25) is 5.02 Å². The minimum absolute atomic E-state index is 0.0724. The summed E-state index contributed by atoms with van der Waals surface area (Å²) in [6, 6.07) is 3.62. The van der Waals surface area contributed by atoms with Gasteiger partial charge in [0.1, 0.15) is 5.60 Å². The number of aromatic nitrogens is 3. The molecule has 2 heterocycles. The molecule has 1 amide bonds. The lowest BCUT2D eigenvalue weighted by atomic mass is 10.0. The van der Waals surface area contributed by atoms with Crippen molar-refractivity contribution < 1.29 is 9.90 Å². The number of aliphatic hydroxyl groups is 1. The van der Waals surface area contributed by atoms with Crippen LogP contribution in [0.25, 0.3) is 0 Å². The van der Waals surface area contributed by atoms with Gasteiger partial charge in [0.05, 0.1) is 19.3 Å². The van der Waals surface area contributed by atoms with Crippen molar-refractivity contribution in [2.75, 3.05) is 13.1 Å². The van der Waals surface area contributed by atoms with E-state index in [2.05, 4.69) is 10.3 Å². The van der Waals surface area contributed by atoms with E-state index in [0.29, 0.717) is 30.1 Å². The number of halogens is 1. The summed E-state index contributed by atoms with van der Waals surface area (Å²) in [5.74, 6) is -0.0724. The van der Waals surface area contributed by atoms with Gasteiger partial charge in [-0.3, -0.25) is 4.79 Å². The van der Waals surface area contributed by atoms with E-state index in [1.807, 2.05) is 26.0 Å². The Morgan fingerprint density at radius 1 is 1.39 bits per heavy atom. The van der Waals surface area contributed by atoms with Crippen LogP contribution in [-0.4, -0.2) is 49.6 Å². The zero-order valence-corrected chi connectivity index (χ0v) is 13.9. The van der Waals surface area contributed by atoms with E-state index in [1.165, 1.54) is 0 Å². The Balaban J connectivity index is 1.76. The third kappa shape index (κ3) is 3.23. The second-order valence-electron chi connectivity index (χ2n) is 6.22.